The summed E-state index contributed by atoms with van der Waals surface area (Å²) in [6.45, 7) is 4.78. The second-order valence-electron chi connectivity index (χ2n) is 3.92. The molecule has 15 heavy (non-hydrogen) atoms. The molecule has 86 valence electrons. The maximum Gasteiger partial charge on any atom is 0.248 e. The van der Waals surface area contributed by atoms with Crippen LogP contribution in [0.1, 0.15) is 6.42 Å². The maximum atomic E-state index is 11.7. The topological polar surface area (TPSA) is 50.8 Å². The fraction of sp³-hybridized carbons (Fsp3) is 0.900. The Morgan fingerprint density at radius 3 is 2.93 bits per heavy atom. The molecule has 1 atom stereocenters. The Bertz CT molecular complexity index is 211. The van der Waals surface area contributed by atoms with Crippen molar-refractivity contribution in [1.29, 1.82) is 0 Å². The summed E-state index contributed by atoms with van der Waals surface area (Å²) in [6.07, 6.45) is 1.23. The van der Waals surface area contributed by atoms with E-state index >= 15 is 0 Å². The Kier molecular flexibility index (Phi) is 3.94. The highest BCUT2D eigenvalue weighted by molar-refractivity contribution is 5.77. The molecule has 0 aromatic rings. The van der Waals surface area contributed by atoms with Crippen molar-refractivity contribution in [3.05, 3.63) is 0 Å². The van der Waals surface area contributed by atoms with E-state index in [1.807, 2.05) is 4.90 Å². The van der Waals surface area contributed by atoms with Crippen LogP contribution in [0.15, 0.2) is 0 Å². The molecule has 0 aromatic carbocycles. The third-order valence-corrected chi connectivity index (χ3v) is 2.82. The lowest BCUT2D eigenvalue weighted by atomic mass is 10.3. The molecule has 2 saturated heterocycles. The first-order valence-electron chi connectivity index (χ1n) is 5.54. The summed E-state index contributed by atoms with van der Waals surface area (Å²) in [5.74, 6) is 0.0881. The third-order valence-electron chi connectivity index (χ3n) is 2.82. The van der Waals surface area contributed by atoms with Crippen molar-refractivity contribution in [3.63, 3.8) is 0 Å². The van der Waals surface area contributed by atoms with Gasteiger partial charge in [-0.25, -0.2) is 0 Å². The van der Waals surface area contributed by atoms with Crippen molar-refractivity contribution >= 4 is 5.91 Å². The van der Waals surface area contributed by atoms with Crippen LogP contribution in [0.3, 0.4) is 0 Å². The van der Waals surface area contributed by atoms with Gasteiger partial charge in [-0.2, -0.15) is 0 Å². The first kappa shape index (κ1) is 10.9. The number of rotatable bonds is 3. The summed E-state index contributed by atoms with van der Waals surface area (Å²) in [5.41, 5.74) is 0. The molecule has 0 radical (unpaired) electrons. The molecule has 2 aliphatic heterocycles. The van der Waals surface area contributed by atoms with Gasteiger partial charge in [-0.3, -0.25) is 4.79 Å². The van der Waals surface area contributed by atoms with Gasteiger partial charge in [0.25, 0.3) is 0 Å². The van der Waals surface area contributed by atoms with Crippen LogP contribution in [0.5, 0.6) is 0 Å². The lowest BCUT2D eigenvalue weighted by Crippen LogP contribution is -2.43. The summed E-state index contributed by atoms with van der Waals surface area (Å²) >= 11 is 0. The molecule has 5 heteroatoms. The zero-order chi connectivity index (χ0) is 10.5. The Morgan fingerprint density at radius 1 is 1.47 bits per heavy atom. The molecular formula is C10H18N2O3. The van der Waals surface area contributed by atoms with Crippen LogP contribution in [-0.2, 0) is 14.3 Å². The Labute approximate surface area is 89.7 Å². The molecule has 5 nitrogen and oxygen atoms in total. The van der Waals surface area contributed by atoms with E-state index in [1.165, 1.54) is 0 Å². The number of carbonyl (C=O) groups is 1. The van der Waals surface area contributed by atoms with Crippen LogP contribution >= 0.6 is 0 Å². The number of morpholine rings is 1. The molecule has 0 aromatic heterocycles. The zero-order valence-corrected chi connectivity index (χ0v) is 8.91. The fourth-order valence-electron chi connectivity index (χ4n) is 1.86. The van der Waals surface area contributed by atoms with E-state index in [0.29, 0.717) is 26.3 Å². The van der Waals surface area contributed by atoms with Crippen LogP contribution in [0.2, 0.25) is 0 Å². The first-order valence-corrected chi connectivity index (χ1v) is 5.54. The van der Waals surface area contributed by atoms with Gasteiger partial charge in [0.05, 0.1) is 19.3 Å². The smallest absolute Gasteiger partial charge is 0.248 e. The van der Waals surface area contributed by atoms with E-state index in [1.54, 1.807) is 0 Å². The molecule has 0 aliphatic carbocycles. The molecule has 0 bridgehead atoms. The van der Waals surface area contributed by atoms with Gasteiger partial charge in [-0.05, 0) is 13.0 Å². The lowest BCUT2D eigenvalue weighted by molar-refractivity contribution is -0.141. The van der Waals surface area contributed by atoms with Crippen molar-refractivity contribution in [1.82, 2.24) is 10.2 Å². The molecule has 2 fully saturated rings. The Morgan fingerprint density at radius 2 is 2.27 bits per heavy atom. The number of hydrogen-bond donors (Lipinski definition) is 1. The fourth-order valence-corrected chi connectivity index (χ4v) is 1.86. The van der Waals surface area contributed by atoms with Crippen LogP contribution in [-0.4, -0.2) is 62.9 Å². The van der Waals surface area contributed by atoms with Gasteiger partial charge in [0, 0.05) is 19.6 Å². The summed E-state index contributed by atoms with van der Waals surface area (Å²) in [7, 11) is 0. The van der Waals surface area contributed by atoms with Gasteiger partial charge >= 0.3 is 0 Å². The number of ether oxygens (including phenoxy) is 2. The van der Waals surface area contributed by atoms with E-state index in [4.69, 9.17) is 9.47 Å². The van der Waals surface area contributed by atoms with Gasteiger partial charge in [-0.1, -0.05) is 0 Å². The maximum absolute atomic E-state index is 11.7. The van der Waals surface area contributed by atoms with Crippen molar-refractivity contribution in [3.8, 4) is 0 Å². The van der Waals surface area contributed by atoms with E-state index in [-0.39, 0.29) is 18.6 Å². The number of hydrogen-bond acceptors (Lipinski definition) is 4. The predicted molar refractivity (Wildman–Crippen MR) is 54.6 cm³/mol. The van der Waals surface area contributed by atoms with E-state index in [2.05, 4.69) is 5.32 Å². The minimum absolute atomic E-state index is 0.0881. The molecule has 2 heterocycles. The number of nitrogens with one attached hydrogen (secondary N) is 1. The van der Waals surface area contributed by atoms with Gasteiger partial charge in [0.1, 0.15) is 6.61 Å². The van der Waals surface area contributed by atoms with Gasteiger partial charge in [-0.15, -0.1) is 0 Å². The largest absolute Gasteiger partial charge is 0.378 e. The Balaban J connectivity index is 1.66. The number of carbonyl (C=O) groups excluding carboxylic acids is 1. The zero-order valence-electron chi connectivity index (χ0n) is 8.91. The van der Waals surface area contributed by atoms with Gasteiger partial charge < -0.3 is 19.7 Å². The second kappa shape index (κ2) is 5.44. The van der Waals surface area contributed by atoms with Crippen molar-refractivity contribution in [2.24, 2.45) is 0 Å². The van der Waals surface area contributed by atoms with Crippen LogP contribution in [0, 0.1) is 0 Å². The van der Waals surface area contributed by atoms with E-state index in [0.717, 1.165) is 19.5 Å². The van der Waals surface area contributed by atoms with Gasteiger partial charge in [0.15, 0.2) is 0 Å². The molecule has 2 aliphatic rings. The molecular weight excluding hydrogens is 196 g/mol. The first-order chi connectivity index (χ1) is 7.36. The highest BCUT2D eigenvalue weighted by atomic mass is 16.5. The van der Waals surface area contributed by atoms with Crippen LogP contribution in [0.25, 0.3) is 0 Å². The van der Waals surface area contributed by atoms with E-state index in [9.17, 15) is 4.79 Å². The Hall–Kier alpha value is -0.650. The quantitative estimate of drug-likeness (QED) is 0.670. The van der Waals surface area contributed by atoms with Gasteiger partial charge in [0.2, 0.25) is 5.91 Å². The van der Waals surface area contributed by atoms with Crippen molar-refractivity contribution < 1.29 is 14.3 Å². The SMILES string of the molecule is O=C(COC1CCNC1)N1CCOCC1. The number of amides is 1. The monoisotopic (exact) mass is 214 g/mol. The molecule has 1 amide bonds. The standard InChI is InChI=1S/C10H18N2O3/c13-10(12-3-5-14-6-4-12)8-15-9-1-2-11-7-9/h9,11H,1-8H2. The summed E-state index contributed by atoms with van der Waals surface area (Å²) in [6, 6.07) is 0. The average molecular weight is 214 g/mol. The van der Waals surface area contributed by atoms with Crippen LogP contribution in [0.4, 0.5) is 0 Å². The average Bonchev–Trinajstić information content (AvgIpc) is 2.80. The summed E-state index contributed by atoms with van der Waals surface area (Å²) in [4.78, 5) is 13.5. The van der Waals surface area contributed by atoms with Crippen LogP contribution < -0.4 is 5.32 Å². The number of nitrogens with zero attached hydrogens (tertiary/aromatic N) is 1. The predicted octanol–water partition coefficient (Wildman–Crippen LogP) is -0.776. The summed E-state index contributed by atoms with van der Waals surface area (Å²) in [5, 5.41) is 3.21. The van der Waals surface area contributed by atoms with E-state index < -0.39 is 0 Å². The second-order valence-corrected chi connectivity index (χ2v) is 3.92. The summed E-state index contributed by atoms with van der Waals surface area (Å²) < 4.78 is 10.7. The highest BCUT2D eigenvalue weighted by Gasteiger charge is 2.20. The minimum atomic E-state index is 0.0881. The normalized spacial score (nSPS) is 26.9. The molecule has 1 unspecified atom stereocenters. The lowest BCUT2D eigenvalue weighted by Gasteiger charge is -2.27. The highest BCUT2D eigenvalue weighted by Crippen LogP contribution is 2.04. The molecule has 2 rings (SSSR count). The van der Waals surface area contributed by atoms with Crippen molar-refractivity contribution in [2.45, 2.75) is 12.5 Å². The van der Waals surface area contributed by atoms with Crippen molar-refractivity contribution in [2.75, 3.05) is 46.0 Å². The molecule has 0 saturated carbocycles. The third kappa shape index (κ3) is 3.15. The molecule has 1 N–H and O–H groups in total. The minimum Gasteiger partial charge on any atom is -0.378 e. The molecule has 0 spiro atoms.